The molecule has 204 valence electrons. The fourth-order valence-electron chi connectivity index (χ4n) is 6.09. The summed E-state index contributed by atoms with van der Waals surface area (Å²) in [5, 5.41) is 1.16. The van der Waals surface area contributed by atoms with Crippen molar-refractivity contribution in [1.29, 1.82) is 0 Å². The van der Waals surface area contributed by atoms with Crippen molar-refractivity contribution in [2.45, 2.75) is 57.4 Å². The number of ether oxygens (including phenoxy) is 1. The van der Waals surface area contributed by atoms with E-state index < -0.39 is 16.1 Å². The van der Waals surface area contributed by atoms with Crippen molar-refractivity contribution in [1.82, 2.24) is 13.6 Å². The zero-order valence-corrected chi connectivity index (χ0v) is 24.8. The van der Waals surface area contributed by atoms with Crippen LogP contribution in [0.2, 0.25) is 0 Å². The molecular weight excluding hydrogens is 566 g/mol. The Morgan fingerprint density at radius 1 is 1.11 bits per heavy atom. The topological polar surface area (TPSA) is 80.6 Å². The lowest BCUT2D eigenvalue weighted by molar-refractivity contribution is 0.0980. The quantitative estimate of drug-likeness (QED) is 0.341. The maximum Gasteiger partial charge on any atom is 0.303 e. The lowest BCUT2D eigenvalue weighted by Crippen LogP contribution is -2.39. The highest BCUT2D eigenvalue weighted by Gasteiger charge is 2.48. The second-order valence-corrected chi connectivity index (χ2v) is 13.7. The SMILES string of the molecule is COc1ccc(Br)c(C2C(C)C2Cn2cc(C3CCCCC3)c3ccc(C(=O)NS(=O)(=O)N(C)C)cc32)c1. The van der Waals surface area contributed by atoms with E-state index in [1.165, 1.54) is 57.3 Å². The van der Waals surface area contributed by atoms with Gasteiger partial charge in [-0.15, -0.1) is 0 Å². The molecule has 0 spiro atoms. The molecule has 3 unspecified atom stereocenters. The average molecular weight is 603 g/mol. The number of fused-ring (bicyclic) bond motifs is 1. The number of amides is 1. The third-order valence-electron chi connectivity index (χ3n) is 8.45. The molecule has 0 radical (unpaired) electrons. The summed E-state index contributed by atoms with van der Waals surface area (Å²) in [7, 11) is 0.613. The molecule has 1 aromatic heterocycles. The van der Waals surface area contributed by atoms with Crippen LogP contribution in [-0.4, -0.2) is 44.4 Å². The third-order valence-corrected chi connectivity index (χ3v) is 10.6. The minimum absolute atomic E-state index is 0.341. The van der Waals surface area contributed by atoms with Crippen LogP contribution in [0.1, 0.15) is 72.3 Å². The van der Waals surface area contributed by atoms with Crippen LogP contribution in [0, 0.1) is 11.8 Å². The number of halogens is 1. The highest BCUT2D eigenvalue weighted by molar-refractivity contribution is 9.10. The standard InChI is InChI=1S/C29H36BrN3O4S/c1-18-24(28(18)23-15-21(37-4)11-13-26(23)30)16-33-17-25(19-8-6-5-7-9-19)22-12-10-20(14-27(22)33)29(34)31-38(35,36)32(2)3/h10-15,17-19,24,28H,5-9,16H2,1-4H3,(H,31,34). The first kappa shape index (κ1) is 27.2. The summed E-state index contributed by atoms with van der Waals surface area (Å²) < 4.78 is 36.6. The molecule has 1 amide bonds. The van der Waals surface area contributed by atoms with E-state index in [-0.39, 0.29) is 0 Å². The van der Waals surface area contributed by atoms with E-state index in [4.69, 9.17) is 4.74 Å². The highest BCUT2D eigenvalue weighted by atomic mass is 79.9. The van der Waals surface area contributed by atoms with Crippen LogP contribution < -0.4 is 9.46 Å². The van der Waals surface area contributed by atoms with E-state index >= 15 is 0 Å². The van der Waals surface area contributed by atoms with E-state index in [9.17, 15) is 13.2 Å². The van der Waals surface area contributed by atoms with Crippen LogP contribution in [0.4, 0.5) is 0 Å². The Hall–Kier alpha value is -2.36. The van der Waals surface area contributed by atoms with Gasteiger partial charge in [-0.2, -0.15) is 12.7 Å². The molecule has 5 rings (SSSR count). The van der Waals surface area contributed by atoms with Crippen LogP contribution in [0.25, 0.3) is 10.9 Å². The van der Waals surface area contributed by atoms with Gasteiger partial charge in [0, 0.05) is 47.8 Å². The second kappa shape index (κ2) is 10.7. The Bertz CT molecular complexity index is 1460. The summed E-state index contributed by atoms with van der Waals surface area (Å²) in [5.41, 5.74) is 3.94. The van der Waals surface area contributed by atoms with Crippen LogP contribution in [0.3, 0.4) is 0 Å². The van der Waals surface area contributed by atoms with Gasteiger partial charge >= 0.3 is 10.2 Å². The van der Waals surface area contributed by atoms with Crippen molar-refractivity contribution >= 4 is 42.9 Å². The molecule has 38 heavy (non-hydrogen) atoms. The van der Waals surface area contributed by atoms with Gasteiger partial charge in [-0.05, 0) is 78.0 Å². The molecule has 2 fully saturated rings. The maximum atomic E-state index is 12.9. The fraction of sp³-hybridized carbons (Fsp3) is 0.483. The summed E-state index contributed by atoms with van der Waals surface area (Å²) in [4.78, 5) is 12.9. The van der Waals surface area contributed by atoms with Crippen molar-refractivity contribution in [2.24, 2.45) is 11.8 Å². The minimum atomic E-state index is -3.87. The molecule has 0 saturated heterocycles. The van der Waals surface area contributed by atoms with E-state index in [1.807, 2.05) is 18.2 Å². The predicted molar refractivity (Wildman–Crippen MR) is 154 cm³/mol. The first-order chi connectivity index (χ1) is 18.1. The number of carbonyl (C=O) groups excluding carboxylic acids is 1. The summed E-state index contributed by atoms with van der Waals surface area (Å²) in [6.07, 6.45) is 8.43. The molecule has 0 bridgehead atoms. The first-order valence-corrected chi connectivity index (χ1v) is 15.5. The number of aromatic nitrogens is 1. The Balaban J connectivity index is 1.49. The van der Waals surface area contributed by atoms with Crippen molar-refractivity contribution in [2.75, 3.05) is 21.2 Å². The van der Waals surface area contributed by atoms with E-state index in [0.29, 0.717) is 29.2 Å². The lowest BCUT2D eigenvalue weighted by Gasteiger charge is -2.21. The van der Waals surface area contributed by atoms with Gasteiger partial charge in [0.25, 0.3) is 5.91 Å². The Morgan fingerprint density at radius 3 is 2.53 bits per heavy atom. The predicted octanol–water partition coefficient (Wildman–Crippen LogP) is 6.05. The van der Waals surface area contributed by atoms with Gasteiger partial charge in [0.15, 0.2) is 0 Å². The number of nitrogens with zero attached hydrogens (tertiary/aromatic N) is 2. The van der Waals surface area contributed by atoms with Gasteiger partial charge in [-0.25, -0.2) is 4.72 Å². The number of rotatable bonds is 8. The van der Waals surface area contributed by atoms with Crippen molar-refractivity contribution in [3.05, 3.63) is 63.8 Å². The summed E-state index contributed by atoms with van der Waals surface area (Å²) in [6, 6.07) is 11.7. The molecule has 1 N–H and O–H groups in total. The molecule has 1 heterocycles. The number of benzene rings is 2. The molecule has 3 atom stereocenters. The molecule has 2 aliphatic rings. The number of hydrogen-bond donors (Lipinski definition) is 1. The van der Waals surface area contributed by atoms with Gasteiger partial charge < -0.3 is 9.30 Å². The van der Waals surface area contributed by atoms with Gasteiger partial charge in [0.05, 0.1) is 7.11 Å². The number of carbonyl (C=O) groups is 1. The van der Waals surface area contributed by atoms with Crippen molar-refractivity contribution in [3.63, 3.8) is 0 Å². The van der Waals surface area contributed by atoms with Gasteiger partial charge in [-0.1, -0.05) is 48.2 Å². The Labute approximate surface area is 233 Å². The zero-order valence-electron chi connectivity index (χ0n) is 22.4. The van der Waals surface area contributed by atoms with Crippen LogP contribution >= 0.6 is 15.9 Å². The van der Waals surface area contributed by atoms with E-state index in [0.717, 1.165) is 32.0 Å². The van der Waals surface area contributed by atoms with Crippen molar-refractivity contribution < 1.29 is 17.9 Å². The molecule has 2 aliphatic carbocycles. The molecule has 7 nitrogen and oxygen atoms in total. The lowest BCUT2D eigenvalue weighted by atomic mass is 9.84. The van der Waals surface area contributed by atoms with Crippen LogP contribution in [0.15, 0.2) is 47.1 Å². The number of hydrogen-bond acceptors (Lipinski definition) is 4. The van der Waals surface area contributed by atoms with Crippen LogP contribution in [-0.2, 0) is 16.8 Å². The average Bonchev–Trinajstić information content (AvgIpc) is 3.38. The van der Waals surface area contributed by atoms with Crippen LogP contribution in [0.5, 0.6) is 5.75 Å². The molecular formula is C29H36BrN3O4S. The normalized spacial score (nSPS) is 22.1. The van der Waals surface area contributed by atoms with Crippen molar-refractivity contribution in [3.8, 4) is 5.75 Å². The van der Waals surface area contributed by atoms with Gasteiger partial charge in [-0.3, -0.25) is 4.79 Å². The molecule has 2 saturated carbocycles. The summed E-state index contributed by atoms with van der Waals surface area (Å²) in [6.45, 7) is 3.12. The van der Waals surface area contributed by atoms with E-state index in [2.05, 4.69) is 50.5 Å². The Morgan fingerprint density at radius 2 is 1.84 bits per heavy atom. The summed E-state index contributed by atoms with van der Waals surface area (Å²) in [5.74, 6) is 2.11. The Kier molecular flexibility index (Phi) is 7.64. The minimum Gasteiger partial charge on any atom is -0.497 e. The second-order valence-electron chi connectivity index (χ2n) is 11.0. The van der Waals surface area contributed by atoms with Gasteiger partial charge in [0.1, 0.15) is 5.75 Å². The first-order valence-electron chi connectivity index (χ1n) is 13.3. The molecule has 3 aromatic rings. The van der Waals surface area contributed by atoms with Gasteiger partial charge in [0.2, 0.25) is 0 Å². The monoisotopic (exact) mass is 601 g/mol. The molecule has 0 aliphatic heterocycles. The largest absolute Gasteiger partial charge is 0.497 e. The third kappa shape index (κ3) is 5.25. The fourth-order valence-corrected chi connectivity index (χ4v) is 7.14. The number of methoxy groups -OCH3 is 1. The maximum absolute atomic E-state index is 12.9. The highest BCUT2D eigenvalue weighted by Crippen LogP contribution is 2.57. The molecule has 9 heteroatoms. The zero-order chi connectivity index (χ0) is 27.2. The summed E-state index contributed by atoms with van der Waals surface area (Å²) >= 11 is 3.74. The van der Waals surface area contributed by atoms with E-state index in [1.54, 1.807) is 13.2 Å². The smallest absolute Gasteiger partial charge is 0.303 e. The number of nitrogens with one attached hydrogen (secondary N) is 1. The molecule has 2 aromatic carbocycles.